The Balaban J connectivity index is 0. The van der Waals surface area contributed by atoms with Crippen LogP contribution in [0.3, 0.4) is 0 Å². The molecular weight excluding hydrogens is 273 g/mol. The van der Waals surface area contributed by atoms with E-state index in [1.807, 2.05) is 25.1 Å². The second kappa shape index (κ2) is 9.93. The van der Waals surface area contributed by atoms with Crippen molar-refractivity contribution < 1.29 is 17.8 Å². The predicted molar refractivity (Wildman–Crippen MR) is 72.1 cm³/mol. The molecule has 0 aliphatic heterocycles. The van der Waals surface area contributed by atoms with Crippen molar-refractivity contribution in [1.29, 1.82) is 0 Å². The molecule has 1 amide bonds. The fourth-order valence-electron chi connectivity index (χ4n) is 0.852. The van der Waals surface area contributed by atoms with Gasteiger partial charge in [-0.3, -0.25) is 9.35 Å². The number of amides is 1. The summed E-state index contributed by atoms with van der Waals surface area (Å²) in [7, 11) is -3.97. The van der Waals surface area contributed by atoms with Crippen LogP contribution in [-0.4, -0.2) is 55.0 Å². The Labute approximate surface area is 128 Å². The standard InChI is InChI=1S/C9H11NO.Na.H2O3S2.H/c1-2-10-9(11)8-6-4-3-5-7-8;;1-5(2,3)4;/h3-7H,2H2,1H3,(H,10,11);;(H2,1,2,3,4);. The van der Waals surface area contributed by atoms with Gasteiger partial charge < -0.3 is 5.32 Å². The van der Waals surface area contributed by atoms with Crippen LogP contribution in [-0.2, 0) is 9.15 Å². The van der Waals surface area contributed by atoms with E-state index < -0.39 is 9.15 Å². The zero-order valence-corrected chi connectivity index (χ0v) is 10.3. The fourth-order valence-corrected chi connectivity index (χ4v) is 0.852. The van der Waals surface area contributed by atoms with E-state index in [-0.39, 0.29) is 35.5 Å². The molecule has 1 aromatic carbocycles. The molecule has 17 heavy (non-hydrogen) atoms. The van der Waals surface area contributed by atoms with Crippen molar-refractivity contribution in [2.24, 2.45) is 0 Å². The van der Waals surface area contributed by atoms with Crippen molar-refractivity contribution in [3.63, 3.8) is 0 Å². The van der Waals surface area contributed by atoms with Gasteiger partial charge in [0.2, 0.25) is 0 Å². The summed E-state index contributed by atoms with van der Waals surface area (Å²) in [6.07, 6.45) is 0. The Morgan fingerprint density at radius 3 is 2.12 bits per heavy atom. The van der Waals surface area contributed by atoms with Crippen molar-refractivity contribution >= 4 is 56.3 Å². The van der Waals surface area contributed by atoms with Gasteiger partial charge in [0.25, 0.3) is 5.91 Å². The molecule has 0 bridgehead atoms. The Morgan fingerprint density at radius 1 is 1.35 bits per heavy atom. The second-order valence-electron chi connectivity index (χ2n) is 2.67. The van der Waals surface area contributed by atoms with E-state index in [2.05, 4.69) is 17.0 Å². The minimum absolute atomic E-state index is 0. The van der Waals surface area contributed by atoms with Crippen LogP contribution in [0.2, 0.25) is 0 Å². The van der Waals surface area contributed by atoms with Gasteiger partial charge in [-0.25, -0.2) is 0 Å². The average Bonchev–Trinajstić information content (AvgIpc) is 2.17. The summed E-state index contributed by atoms with van der Waals surface area (Å²) >= 11 is 2.65. The topological polar surface area (TPSA) is 83.5 Å². The molecule has 0 saturated heterocycles. The van der Waals surface area contributed by atoms with Crippen molar-refractivity contribution in [3.8, 4) is 0 Å². The van der Waals surface area contributed by atoms with Gasteiger partial charge in [0.05, 0.1) is 0 Å². The minimum atomic E-state index is -3.97. The van der Waals surface area contributed by atoms with Gasteiger partial charge in [0.1, 0.15) is 0 Å². The van der Waals surface area contributed by atoms with E-state index in [0.29, 0.717) is 12.1 Å². The third-order valence-corrected chi connectivity index (χ3v) is 1.37. The maximum absolute atomic E-state index is 11.1. The number of thiol groups is 1. The average molecular weight is 287 g/mol. The van der Waals surface area contributed by atoms with Gasteiger partial charge in [-0.15, -0.1) is 0 Å². The second-order valence-corrected chi connectivity index (χ2v) is 4.95. The van der Waals surface area contributed by atoms with E-state index in [1.54, 1.807) is 12.1 Å². The summed E-state index contributed by atoms with van der Waals surface area (Å²) < 4.78 is 25.5. The van der Waals surface area contributed by atoms with Crippen LogP contribution in [0.15, 0.2) is 30.3 Å². The third kappa shape index (κ3) is 13.9. The van der Waals surface area contributed by atoms with Crippen LogP contribution in [0, 0.1) is 0 Å². The molecule has 0 aliphatic carbocycles. The number of hydrogen-bond acceptors (Lipinski definition) is 3. The van der Waals surface area contributed by atoms with Crippen LogP contribution < -0.4 is 5.32 Å². The Bertz CT molecular complexity index is 414. The first-order chi connectivity index (χ1) is 7.34. The first-order valence-electron chi connectivity index (χ1n) is 4.37. The zero-order chi connectivity index (χ0) is 12.6. The van der Waals surface area contributed by atoms with Gasteiger partial charge in [-0.1, -0.05) is 18.2 Å². The molecule has 0 heterocycles. The van der Waals surface area contributed by atoms with Gasteiger partial charge in [0.15, 0.2) is 0 Å². The van der Waals surface area contributed by atoms with E-state index in [4.69, 9.17) is 13.0 Å². The Hall–Kier alpha value is -0.0500. The Kier molecular flexibility index (Phi) is 11.3. The van der Waals surface area contributed by atoms with Crippen molar-refractivity contribution in [2.75, 3.05) is 6.54 Å². The number of nitrogens with one attached hydrogen (secondary N) is 1. The summed E-state index contributed by atoms with van der Waals surface area (Å²) in [6.45, 7) is 2.58. The summed E-state index contributed by atoms with van der Waals surface area (Å²) in [5.74, 6) is -0.00639. The molecule has 0 aromatic heterocycles. The fraction of sp³-hybridized carbons (Fsp3) is 0.222. The summed E-state index contributed by atoms with van der Waals surface area (Å²) in [5.41, 5.74) is 0.717. The van der Waals surface area contributed by atoms with Crippen molar-refractivity contribution in [2.45, 2.75) is 6.92 Å². The molecule has 0 aliphatic rings. The molecule has 1 rings (SSSR count). The van der Waals surface area contributed by atoms with E-state index in [0.717, 1.165) is 0 Å². The van der Waals surface area contributed by atoms with Crippen LogP contribution >= 0.6 is 11.7 Å². The van der Waals surface area contributed by atoms with Crippen molar-refractivity contribution in [3.05, 3.63) is 35.9 Å². The molecule has 92 valence electrons. The molecule has 0 saturated carbocycles. The quantitative estimate of drug-likeness (QED) is 0.320. The molecule has 8 heteroatoms. The van der Waals surface area contributed by atoms with E-state index in [9.17, 15) is 4.79 Å². The number of carbonyl (C=O) groups is 1. The first kappa shape index (κ1) is 19.3. The molecule has 0 radical (unpaired) electrons. The number of rotatable bonds is 2. The van der Waals surface area contributed by atoms with Gasteiger partial charge in [-0.05, 0) is 30.7 Å². The summed E-state index contributed by atoms with van der Waals surface area (Å²) in [5, 5.41) is 2.72. The molecule has 0 fully saturated rings. The van der Waals surface area contributed by atoms with Crippen LogP contribution in [0.5, 0.6) is 0 Å². The molecule has 1 aromatic rings. The van der Waals surface area contributed by atoms with Crippen LogP contribution in [0.1, 0.15) is 17.3 Å². The molecule has 5 nitrogen and oxygen atoms in total. The van der Waals surface area contributed by atoms with Crippen molar-refractivity contribution in [1.82, 2.24) is 5.32 Å². The summed E-state index contributed by atoms with van der Waals surface area (Å²) in [6, 6.07) is 9.19. The summed E-state index contributed by atoms with van der Waals surface area (Å²) in [4.78, 5) is 11.1. The molecule has 0 unspecified atom stereocenters. The van der Waals surface area contributed by atoms with Gasteiger partial charge in [-0.2, -0.15) is 8.42 Å². The molecule has 2 N–H and O–H groups in total. The molecule has 0 atom stereocenters. The Morgan fingerprint density at radius 2 is 1.76 bits per heavy atom. The van der Waals surface area contributed by atoms with Gasteiger partial charge >= 0.3 is 38.7 Å². The number of benzene rings is 1. The van der Waals surface area contributed by atoms with E-state index >= 15 is 0 Å². The maximum atomic E-state index is 11.1. The van der Waals surface area contributed by atoms with Gasteiger partial charge in [0, 0.05) is 12.1 Å². The predicted octanol–water partition coefficient (Wildman–Crippen LogP) is 0.507. The monoisotopic (exact) mass is 287 g/mol. The normalized spacial score (nSPS) is 9.35. The number of hydrogen-bond donors (Lipinski definition) is 3. The van der Waals surface area contributed by atoms with E-state index in [1.165, 1.54) is 0 Å². The SMILES string of the molecule is CCNC(=O)c1ccccc1.O=S(=O)(O)S.[NaH]. The first-order valence-corrected chi connectivity index (χ1v) is 6.87. The zero-order valence-electron chi connectivity index (χ0n) is 8.62. The number of carbonyl (C=O) groups excluding carboxylic acids is 1. The third-order valence-electron chi connectivity index (χ3n) is 1.37. The molecule has 0 spiro atoms. The van der Waals surface area contributed by atoms with Crippen LogP contribution in [0.4, 0.5) is 0 Å². The molecular formula is C9H14NNaO4S2. The van der Waals surface area contributed by atoms with Crippen LogP contribution in [0.25, 0.3) is 0 Å².